The summed E-state index contributed by atoms with van der Waals surface area (Å²) in [6, 6.07) is 10.6. The molecule has 2 rings (SSSR count). The molecule has 18 heavy (non-hydrogen) atoms. The molecule has 0 bridgehead atoms. The molecule has 0 aromatic heterocycles. The normalized spacial score (nSPS) is 19.8. The van der Waals surface area contributed by atoms with Crippen molar-refractivity contribution < 1.29 is 19.4 Å². The number of hydrogen-bond donors (Lipinski definition) is 1. The van der Waals surface area contributed by atoms with Gasteiger partial charge in [0.25, 0.3) is 0 Å². The molecule has 0 aliphatic carbocycles. The average molecular weight is 413 g/mol. The predicted molar refractivity (Wildman–Crippen MR) is 73.8 cm³/mol. The Labute approximate surface area is 121 Å². The molecule has 2 nitrogen and oxygen atoms in total. The van der Waals surface area contributed by atoms with Crippen LogP contribution in [0.25, 0.3) is 0 Å². The molecule has 1 N–H and O–H groups in total. The molecule has 0 radical (unpaired) electrons. The molecule has 0 saturated carbocycles. The number of rotatable bonds is 3. The van der Waals surface area contributed by atoms with Gasteiger partial charge in [0.2, 0.25) is 0 Å². The molecule has 1 aromatic rings. The van der Waals surface area contributed by atoms with Crippen molar-refractivity contribution in [2.45, 2.75) is 38.6 Å². The first-order valence-corrected chi connectivity index (χ1v) is 8.18. The number of nitrogens with zero attached hydrogens (tertiary/aromatic N) is 1. The van der Waals surface area contributed by atoms with Gasteiger partial charge in [-0.2, -0.15) is 0 Å². The van der Waals surface area contributed by atoms with Gasteiger partial charge in [-0.15, -0.1) is 0 Å². The van der Waals surface area contributed by atoms with Crippen LogP contribution in [0.4, 0.5) is 5.69 Å². The van der Waals surface area contributed by atoms with Crippen molar-refractivity contribution in [2.24, 2.45) is 0 Å². The van der Waals surface area contributed by atoms with E-state index in [-0.39, 0.29) is 5.41 Å². The summed E-state index contributed by atoms with van der Waals surface area (Å²) in [7, 11) is 0. The molecule has 1 saturated heterocycles. The Morgan fingerprint density at radius 2 is 2.22 bits per heavy atom. The second-order valence-corrected chi connectivity index (χ2v) is 6.63. The van der Waals surface area contributed by atoms with Crippen molar-refractivity contribution in [3.63, 3.8) is 0 Å². The van der Waals surface area contributed by atoms with E-state index < -0.39 is 0 Å². The minimum atomic E-state index is 0.204. The van der Waals surface area contributed by atoms with Gasteiger partial charge >= 0.3 is 121 Å². The van der Waals surface area contributed by atoms with Crippen molar-refractivity contribution in [1.29, 1.82) is 0 Å². The van der Waals surface area contributed by atoms with Crippen LogP contribution in [0.1, 0.15) is 32.8 Å². The molecule has 1 atom stereocenters. The number of benzene rings is 1. The molecule has 98 valence electrons. The first kappa shape index (κ1) is 14.0. The van der Waals surface area contributed by atoms with E-state index in [1.54, 1.807) is 0 Å². The van der Waals surface area contributed by atoms with Crippen LogP contribution < -0.4 is 10.2 Å². The van der Waals surface area contributed by atoms with Crippen molar-refractivity contribution in [3.8, 4) is 0 Å². The van der Waals surface area contributed by atoms with Crippen LogP contribution in [0, 0.1) is 6.07 Å². The Balaban J connectivity index is 2.19. The van der Waals surface area contributed by atoms with E-state index in [9.17, 15) is 0 Å². The number of anilines is 1. The molecule has 1 fully saturated rings. The minimum absolute atomic E-state index is 0.204. The van der Waals surface area contributed by atoms with Crippen LogP contribution in [-0.4, -0.2) is 23.7 Å². The standard InChI is InChI=1S/C15H21N2.W/c1-15(2,3)12-5-7-13(8-6-12)17(4)14-9-10-16-11-14;/h4-7,14,16H,9-11H2,1-3H3;/q-1;. The Morgan fingerprint density at radius 1 is 1.44 bits per heavy atom. The maximum atomic E-state index is 3.45. The monoisotopic (exact) mass is 413 g/mol. The molecule has 1 aliphatic rings. The second kappa shape index (κ2) is 5.67. The summed E-state index contributed by atoms with van der Waals surface area (Å²) in [5, 5.41) is 3.43. The van der Waals surface area contributed by atoms with Gasteiger partial charge in [0, 0.05) is 0 Å². The molecule has 1 aromatic carbocycles. The third-order valence-corrected chi connectivity index (χ3v) is 4.30. The average Bonchev–Trinajstić information content (AvgIpc) is 2.83. The molecule has 3 heteroatoms. The molecule has 0 spiro atoms. The van der Waals surface area contributed by atoms with Gasteiger partial charge in [-0.3, -0.25) is 0 Å². The van der Waals surface area contributed by atoms with Crippen LogP contribution in [0.3, 0.4) is 0 Å². The zero-order valence-electron chi connectivity index (χ0n) is 11.4. The van der Waals surface area contributed by atoms with E-state index in [0.29, 0.717) is 6.04 Å². The summed E-state index contributed by atoms with van der Waals surface area (Å²) in [5.41, 5.74) is 2.75. The first-order chi connectivity index (χ1) is 8.52. The number of nitrogens with one attached hydrogen (secondary N) is 1. The predicted octanol–water partition coefficient (Wildman–Crippen LogP) is 2.26. The Bertz CT molecular complexity index is 399. The van der Waals surface area contributed by atoms with E-state index in [1.165, 1.54) is 37.0 Å². The van der Waals surface area contributed by atoms with Crippen molar-refractivity contribution >= 4 is 10.2 Å². The Kier molecular flexibility index (Phi) is 4.40. The van der Waals surface area contributed by atoms with Gasteiger partial charge in [-0.25, -0.2) is 0 Å². The van der Waals surface area contributed by atoms with E-state index in [2.05, 4.69) is 59.8 Å². The summed E-state index contributed by atoms with van der Waals surface area (Å²) in [6.45, 7) is 8.93. The number of hydrogen-bond acceptors (Lipinski definition) is 2. The zero-order valence-corrected chi connectivity index (χ0v) is 14.3. The summed E-state index contributed by atoms with van der Waals surface area (Å²) in [4.78, 5) is 2.38. The zero-order chi connectivity index (χ0) is 13.2. The molecular weight excluding hydrogens is 392 g/mol. The van der Waals surface area contributed by atoms with E-state index in [0.717, 1.165) is 13.1 Å². The van der Waals surface area contributed by atoms with Gasteiger partial charge in [0.05, 0.1) is 0 Å². The van der Waals surface area contributed by atoms with Crippen LogP contribution in [0.5, 0.6) is 0 Å². The topological polar surface area (TPSA) is 15.3 Å². The van der Waals surface area contributed by atoms with Crippen molar-refractivity contribution in [1.82, 2.24) is 5.32 Å². The van der Waals surface area contributed by atoms with Crippen LogP contribution >= 0.6 is 0 Å². The van der Waals surface area contributed by atoms with Crippen LogP contribution in [0.15, 0.2) is 18.2 Å². The Hall–Kier alpha value is -0.462. The van der Waals surface area contributed by atoms with Gasteiger partial charge in [-0.1, -0.05) is 0 Å². The van der Waals surface area contributed by atoms with Gasteiger partial charge in [0.15, 0.2) is 0 Å². The third-order valence-electron chi connectivity index (χ3n) is 3.48. The second-order valence-electron chi connectivity index (χ2n) is 5.87. The van der Waals surface area contributed by atoms with Gasteiger partial charge < -0.3 is 0 Å². The van der Waals surface area contributed by atoms with Gasteiger partial charge in [-0.05, 0) is 0 Å². The van der Waals surface area contributed by atoms with E-state index >= 15 is 0 Å². The SMILES string of the molecule is CC(C)(C)c1c[c-]c(N([CH]=[W])C2CCNC2)cc1. The van der Waals surface area contributed by atoms with E-state index in [4.69, 9.17) is 0 Å². The third kappa shape index (κ3) is 3.10. The molecule has 0 amide bonds. The van der Waals surface area contributed by atoms with Crippen LogP contribution in [0.2, 0.25) is 0 Å². The summed E-state index contributed by atoms with van der Waals surface area (Å²) < 4.78 is 2.25. The van der Waals surface area contributed by atoms with Crippen molar-refractivity contribution in [2.75, 3.05) is 18.0 Å². The first-order valence-electron chi connectivity index (χ1n) is 6.49. The fourth-order valence-corrected chi connectivity index (χ4v) is 3.29. The van der Waals surface area contributed by atoms with E-state index in [1.807, 2.05) is 0 Å². The molecule has 1 unspecified atom stereocenters. The van der Waals surface area contributed by atoms with Gasteiger partial charge in [0.1, 0.15) is 0 Å². The summed E-state index contributed by atoms with van der Waals surface area (Å²) >= 11 is 1.49. The summed E-state index contributed by atoms with van der Waals surface area (Å²) in [6.07, 6.45) is 1.22. The molecule has 1 heterocycles. The molecule has 1 aliphatic heterocycles. The maximum absolute atomic E-state index is 3.45. The van der Waals surface area contributed by atoms with Crippen molar-refractivity contribution in [3.05, 3.63) is 29.8 Å². The fourth-order valence-electron chi connectivity index (χ4n) is 2.26. The quantitative estimate of drug-likeness (QED) is 0.766. The Morgan fingerprint density at radius 3 is 2.67 bits per heavy atom. The fraction of sp³-hybridized carbons (Fsp3) is 0.533. The van der Waals surface area contributed by atoms with Crippen LogP contribution in [-0.2, 0) is 24.8 Å². The summed E-state index contributed by atoms with van der Waals surface area (Å²) in [5.74, 6) is 0. The molecular formula is C15H21N2W-.